The van der Waals surface area contributed by atoms with Crippen molar-refractivity contribution in [1.82, 2.24) is 9.80 Å². The number of amides is 1. The van der Waals surface area contributed by atoms with E-state index in [0.717, 1.165) is 58.9 Å². The molecular weight excluding hydrogens is 508 g/mol. The number of hydrogen-bond donors (Lipinski definition) is 0. The first-order valence-corrected chi connectivity index (χ1v) is 13.5. The fraction of sp³-hybridized carbons (Fsp3) is 0.344. The lowest BCUT2D eigenvalue weighted by Crippen LogP contribution is -2.35. The summed E-state index contributed by atoms with van der Waals surface area (Å²) in [5.41, 5.74) is 5.10. The first-order valence-electron chi connectivity index (χ1n) is 13.5. The fourth-order valence-electron chi connectivity index (χ4n) is 5.06. The molecule has 8 heteroatoms. The number of fused-ring (bicyclic) bond motifs is 2. The molecule has 8 nitrogen and oxygen atoms in total. The zero-order valence-corrected chi connectivity index (χ0v) is 23.6. The number of nitrogens with zero attached hydrogens (tertiary/aromatic N) is 2. The van der Waals surface area contributed by atoms with Gasteiger partial charge in [0.15, 0.2) is 23.0 Å². The van der Waals surface area contributed by atoms with Crippen molar-refractivity contribution in [2.75, 3.05) is 54.8 Å². The van der Waals surface area contributed by atoms with Crippen LogP contribution in [0.5, 0.6) is 28.7 Å². The SMILES string of the molecule is COc1ccc(-c2c3c(cc4c2OCO4)CCN(C(=O)/C=C/c2ccc(OCCCN(C)C)c(OC)c2)C3)cc1. The van der Waals surface area contributed by atoms with Crippen molar-refractivity contribution in [1.29, 1.82) is 0 Å². The molecule has 40 heavy (non-hydrogen) atoms. The molecule has 2 aliphatic heterocycles. The van der Waals surface area contributed by atoms with Gasteiger partial charge in [0.25, 0.3) is 0 Å². The Labute approximate surface area is 235 Å². The molecule has 0 fully saturated rings. The molecule has 0 saturated carbocycles. The van der Waals surface area contributed by atoms with Gasteiger partial charge in [0, 0.05) is 31.3 Å². The van der Waals surface area contributed by atoms with Gasteiger partial charge in [-0.15, -0.1) is 0 Å². The van der Waals surface area contributed by atoms with E-state index < -0.39 is 0 Å². The Bertz CT molecular complexity index is 1380. The maximum absolute atomic E-state index is 13.3. The number of benzene rings is 3. The van der Waals surface area contributed by atoms with Crippen LogP contribution >= 0.6 is 0 Å². The average Bonchev–Trinajstić information content (AvgIpc) is 3.45. The molecule has 0 radical (unpaired) electrons. The van der Waals surface area contributed by atoms with Gasteiger partial charge in [-0.3, -0.25) is 4.79 Å². The van der Waals surface area contributed by atoms with Crippen LogP contribution in [0.25, 0.3) is 17.2 Å². The molecule has 2 aliphatic rings. The molecule has 3 aromatic rings. The van der Waals surface area contributed by atoms with Gasteiger partial charge in [0.1, 0.15) is 5.75 Å². The van der Waals surface area contributed by atoms with Crippen molar-refractivity contribution in [2.24, 2.45) is 0 Å². The summed E-state index contributed by atoms with van der Waals surface area (Å²) in [4.78, 5) is 17.3. The summed E-state index contributed by atoms with van der Waals surface area (Å²) in [5, 5.41) is 0. The molecule has 3 aromatic carbocycles. The number of hydrogen-bond acceptors (Lipinski definition) is 7. The smallest absolute Gasteiger partial charge is 0.246 e. The minimum absolute atomic E-state index is 0.0491. The van der Waals surface area contributed by atoms with Crippen molar-refractivity contribution in [3.63, 3.8) is 0 Å². The Morgan fingerprint density at radius 1 is 1.02 bits per heavy atom. The van der Waals surface area contributed by atoms with Crippen molar-refractivity contribution in [2.45, 2.75) is 19.4 Å². The second kappa shape index (κ2) is 12.3. The summed E-state index contributed by atoms with van der Waals surface area (Å²) in [6.07, 6.45) is 5.10. The third kappa shape index (κ3) is 6.02. The van der Waals surface area contributed by atoms with E-state index in [4.69, 9.17) is 23.7 Å². The molecule has 210 valence electrons. The second-order valence-corrected chi connectivity index (χ2v) is 10.1. The highest BCUT2D eigenvalue weighted by Gasteiger charge is 2.29. The largest absolute Gasteiger partial charge is 0.497 e. The van der Waals surface area contributed by atoms with Gasteiger partial charge in [-0.1, -0.05) is 18.2 Å². The minimum Gasteiger partial charge on any atom is -0.497 e. The standard InChI is InChI=1S/C32H36N2O6/c1-33(2)15-5-17-38-27-12-6-22(18-28(27)37-4)7-13-30(35)34-16-14-24-19-29-32(40-21-39-29)31(26(24)20-34)23-8-10-25(36-3)11-9-23/h6-13,18-19H,5,14-17,20-21H2,1-4H3/b13-7+. The van der Waals surface area contributed by atoms with Crippen molar-refractivity contribution in [3.8, 4) is 39.9 Å². The Morgan fingerprint density at radius 3 is 2.60 bits per heavy atom. The van der Waals surface area contributed by atoms with E-state index in [9.17, 15) is 4.79 Å². The molecule has 5 rings (SSSR count). The highest BCUT2D eigenvalue weighted by Crippen LogP contribution is 2.47. The van der Waals surface area contributed by atoms with Crippen LogP contribution in [0.4, 0.5) is 0 Å². The van der Waals surface area contributed by atoms with Gasteiger partial charge in [-0.2, -0.15) is 0 Å². The molecule has 0 N–H and O–H groups in total. The number of carbonyl (C=O) groups is 1. The quantitative estimate of drug-likeness (QED) is 0.262. The van der Waals surface area contributed by atoms with Crippen LogP contribution < -0.4 is 23.7 Å². The van der Waals surface area contributed by atoms with E-state index in [1.165, 1.54) is 5.56 Å². The molecule has 1 amide bonds. The van der Waals surface area contributed by atoms with Crippen LogP contribution in [0.1, 0.15) is 23.1 Å². The summed E-state index contributed by atoms with van der Waals surface area (Å²) < 4.78 is 28.4. The summed E-state index contributed by atoms with van der Waals surface area (Å²) in [6.45, 7) is 2.87. The lowest BCUT2D eigenvalue weighted by molar-refractivity contribution is -0.126. The van der Waals surface area contributed by atoms with Crippen LogP contribution in [0.3, 0.4) is 0 Å². The molecule has 0 aromatic heterocycles. The van der Waals surface area contributed by atoms with E-state index in [0.29, 0.717) is 31.2 Å². The summed E-state index contributed by atoms with van der Waals surface area (Å²) in [5.74, 6) is 3.55. The number of rotatable bonds is 10. The molecule has 0 saturated heterocycles. The minimum atomic E-state index is -0.0491. The molecule has 0 atom stereocenters. The van der Waals surface area contributed by atoms with Crippen LogP contribution in [-0.2, 0) is 17.8 Å². The topological polar surface area (TPSA) is 69.7 Å². The predicted molar refractivity (Wildman–Crippen MR) is 154 cm³/mol. The molecule has 0 unspecified atom stereocenters. The summed E-state index contributed by atoms with van der Waals surface area (Å²) in [6, 6.07) is 15.7. The second-order valence-electron chi connectivity index (χ2n) is 10.1. The summed E-state index contributed by atoms with van der Waals surface area (Å²) in [7, 11) is 7.36. The van der Waals surface area contributed by atoms with Gasteiger partial charge in [-0.05, 0) is 85.6 Å². The molecule has 0 bridgehead atoms. The number of ether oxygens (including phenoxy) is 5. The maximum atomic E-state index is 13.3. The van der Waals surface area contributed by atoms with Crippen LogP contribution in [0, 0.1) is 0 Å². The monoisotopic (exact) mass is 544 g/mol. The third-order valence-electron chi connectivity index (χ3n) is 7.17. The Kier molecular flexibility index (Phi) is 8.45. The zero-order valence-electron chi connectivity index (χ0n) is 23.6. The van der Waals surface area contributed by atoms with Crippen LogP contribution in [-0.4, -0.2) is 70.5 Å². The Hall–Kier alpha value is -4.17. The number of carbonyl (C=O) groups excluding carboxylic acids is 1. The van der Waals surface area contributed by atoms with E-state index in [2.05, 4.69) is 11.0 Å². The Morgan fingerprint density at radius 2 is 1.85 bits per heavy atom. The molecule has 0 aliphatic carbocycles. The zero-order chi connectivity index (χ0) is 28.1. The molecule has 2 heterocycles. The molecular formula is C32H36N2O6. The van der Waals surface area contributed by atoms with Crippen LogP contribution in [0.15, 0.2) is 54.6 Å². The Balaban J connectivity index is 1.32. The van der Waals surface area contributed by atoms with Gasteiger partial charge >= 0.3 is 0 Å². The van der Waals surface area contributed by atoms with E-state index >= 15 is 0 Å². The van der Waals surface area contributed by atoms with Gasteiger partial charge < -0.3 is 33.5 Å². The molecule has 0 spiro atoms. The van der Waals surface area contributed by atoms with Crippen molar-refractivity contribution < 1.29 is 28.5 Å². The third-order valence-corrected chi connectivity index (χ3v) is 7.17. The van der Waals surface area contributed by atoms with Crippen molar-refractivity contribution in [3.05, 3.63) is 71.3 Å². The highest BCUT2D eigenvalue weighted by molar-refractivity contribution is 5.92. The van der Waals surface area contributed by atoms with Gasteiger partial charge in [0.2, 0.25) is 12.7 Å². The first-order chi connectivity index (χ1) is 19.5. The van der Waals surface area contributed by atoms with Crippen molar-refractivity contribution >= 4 is 12.0 Å². The number of methoxy groups -OCH3 is 2. The maximum Gasteiger partial charge on any atom is 0.246 e. The fourth-order valence-corrected chi connectivity index (χ4v) is 5.06. The lowest BCUT2D eigenvalue weighted by atomic mass is 9.89. The highest BCUT2D eigenvalue weighted by atomic mass is 16.7. The van der Waals surface area contributed by atoms with E-state index in [1.54, 1.807) is 20.3 Å². The van der Waals surface area contributed by atoms with E-state index in [1.807, 2.05) is 67.5 Å². The van der Waals surface area contributed by atoms with Crippen LogP contribution in [0.2, 0.25) is 0 Å². The average molecular weight is 545 g/mol. The van der Waals surface area contributed by atoms with Gasteiger partial charge in [0.05, 0.1) is 20.8 Å². The first kappa shape index (κ1) is 27.4. The normalized spacial score (nSPS) is 14.0. The van der Waals surface area contributed by atoms with E-state index in [-0.39, 0.29) is 12.7 Å². The summed E-state index contributed by atoms with van der Waals surface area (Å²) >= 11 is 0. The van der Waals surface area contributed by atoms with Gasteiger partial charge in [-0.25, -0.2) is 0 Å². The predicted octanol–water partition coefficient (Wildman–Crippen LogP) is 5.03. The lowest BCUT2D eigenvalue weighted by Gasteiger charge is -2.30.